The van der Waals surface area contributed by atoms with Crippen LogP contribution in [-0.2, 0) is 17.6 Å². The predicted octanol–water partition coefficient (Wildman–Crippen LogP) is 5.18. The van der Waals surface area contributed by atoms with Gasteiger partial charge in [-0.1, -0.05) is 36.4 Å². The van der Waals surface area contributed by atoms with E-state index in [0.717, 1.165) is 25.9 Å². The maximum Gasteiger partial charge on any atom is 0.410 e. The number of piperidine rings is 1. The number of nitrogens with zero attached hydrogens (tertiary/aromatic N) is 2. The van der Waals surface area contributed by atoms with Crippen molar-refractivity contribution in [2.75, 3.05) is 18.0 Å². The number of hydrogen-bond donors (Lipinski definition) is 0. The molecule has 2 aromatic rings. The standard InChI is InChI=1S/C25H30N2O2/c1-25(2,3)29-24(28)26-15-19-14-20(19)23(16-26)27-21-10-6-4-8-17(21)12-13-18-9-5-7-11-22(18)27/h4-11,19-20,23H,12-16H2,1-3H3. The van der Waals surface area contributed by atoms with Crippen molar-refractivity contribution in [3.63, 3.8) is 0 Å². The number of carbonyl (C=O) groups is 1. The maximum absolute atomic E-state index is 12.9. The van der Waals surface area contributed by atoms with Crippen molar-refractivity contribution >= 4 is 17.5 Å². The van der Waals surface area contributed by atoms with E-state index in [1.54, 1.807) is 0 Å². The van der Waals surface area contributed by atoms with Gasteiger partial charge in [0.05, 0.1) is 6.04 Å². The number of aryl methyl sites for hydroxylation is 2. The molecule has 0 aromatic heterocycles. The first kappa shape index (κ1) is 18.5. The second-order valence-electron chi connectivity index (χ2n) is 9.74. The highest BCUT2D eigenvalue weighted by molar-refractivity contribution is 5.73. The summed E-state index contributed by atoms with van der Waals surface area (Å²) >= 11 is 0. The maximum atomic E-state index is 12.9. The van der Waals surface area contributed by atoms with Gasteiger partial charge < -0.3 is 14.5 Å². The number of amides is 1. The molecule has 4 heteroatoms. The summed E-state index contributed by atoms with van der Waals surface area (Å²) in [7, 11) is 0. The molecular weight excluding hydrogens is 360 g/mol. The SMILES string of the molecule is CC(C)(C)OC(=O)N1CC2CC2C(N2c3ccccc3CCc3ccccc32)C1. The first-order chi connectivity index (χ1) is 13.9. The fraction of sp³-hybridized carbons (Fsp3) is 0.480. The van der Waals surface area contributed by atoms with Gasteiger partial charge in [0.15, 0.2) is 0 Å². The van der Waals surface area contributed by atoms with E-state index in [9.17, 15) is 4.79 Å². The number of para-hydroxylation sites is 2. The minimum atomic E-state index is -0.464. The normalized spacial score (nSPS) is 25.4. The third-order valence-electron chi connectivity index (χ3n) is 6.48. The molecule has 1 aliphatic carbocycles. The number of hydrogen-bond acceptors (Lipinski definition) is 3. The molecule has 0 N–H and O–H groups in total. The monoisotopic (exact) mass is 390 g/mol. The molecule has 5 rings (SSSR count). The number of carbonyl (C=O) groups excluding carboxylic acids is 1. The van der Waals surface area contributed by atoms with Crippen LogP contribution < -0.4 is 4.90 Å². The lowest BCUT2D eigenvalue weighted by molar-refractivity contribution is 0.0191. The Labute approximate surface area is 173 Å². The van der Waals surface area contributed by atoms with Gasteiger partial charge in [0, 0.05) is 24.5 Å². The lowest BCUT2D eigenvalue weighted by Crippen LogP contribution is -2.51. The van der Waals surface area contributed by atoms with E-state index in [1.165, 1.54) is 28.9 Å². The van der Waals surface area contributed by atoms with Gasteiger partial charge in [-0.2, -0.15) is 0 Å². The van der Waals surface area contributed by atoms with Crippen molar-refractivity contribution < 1.29 is 9.53 Å². The van der Waals surface area contributed by atoms with Crippen LogP contribution in [0.2, 0.25) is 0 Å². The quantitative estimate of drug-likeness (QED) is 0.673. The van der Waals surface area contributed by atoms with Crippen molar-refractivity contribution in [2.45, 2.75) is 51.7 Å². The Balaban J connectivity index is 1.52. The number of ether oxygens (including phenoxy) is 1. The molecule has 3 aliphatic rings. The second-order valence-corrected chi connectivity index (χ2v) is 9.74. The molecule has 3 unspecified atom stereocenters. The fourth-order valence-electron chi connectivity index (χ4n) is 5.09. The summed E-state index contributed by atoms with van der Waals surface area (Å²) in [5, 5.41) is 0. The van der Waals surface area contributed by atoms with Crippen molar-refractivity contribution in [3.8, 4) is 0 Å². The third-order valence-corrected chi connectivity index (χ3v) is 6.48. The van der Waals surface area contributed by atoms with E-state index >= 15 is 0 Å². The number of anilines is 2. The highest BCUT2D eigenvalue weighted by Gasteiger charge is 2.52. The fourth-order valence-corrected chi connectivity index (χ4v) is 5.09. The van der Waals surface area contributed by atoms with Crippen LogP contribution in [0.3, 0.4) is 0 Å². The molecule has 152 valence electrons. The van der Waals surface area contributed by atoms with Gasteiger partial charge >= 0.3 is 6.09 Å². The lowest BCUT2D eigenvalue weighted by Gasteiger charge is -2.41. The molecule has 2 aromatic carbocycles. The molecular formula is C25H30N2O2. The molecule has 2 aliphatic heterocycles. The Morgan fingerprint density at radius 3 is 2.10 bits per heavy atom. The summed E-state index contributed by atoms with van der Waals surface area (Å²) in [6, 6.07) is 17.9. The highest BCUT2D eigenvalue weighted by atomic mass is 16.6. The molecule has 4 nitrogen and oxygen atoms in total. The summed E-state index contributed by atoms with van der Waals surface area (Å²) in [6.07, 6.45) is 3.13. The van der Waals surface area contributed by atoms with E-state index in [-0.39, 0.29) is 6.09 Å². The third kappa shape index (κ3) is 3.50. The van der Waals surface area contributed by atoms with Gasteiger partial charge in [-0.3, -0.25) is 0 Å². The molecule has 0 spiro atoms. The Bertz CT molecular complexity index is 885. The van der Waals surface area contributed by atoms with Crippen LogP contribution in [0.4, 0.5) is 16.2 Å². The van der Waals surface area contributed by atoms with E-state index in [1.807, 2.05) is 25.7 Å². The van der Waals surface area contributed by atoms with Gasteiger partial charge in [-0.05, 0) is 75.1 Å². The molecule has 2 fully saturated rings. The van der Waals surface area contributed by atoms with E-state index in [2.05, 4.69) is 53.4 Å². The predicted molar refractivity (Wildman–Crippen MR) is 116 cm³/mol. The van der Waals surface area contributed by atoms with Crippen LogP contribution in [0, 0.1) is 11.8 Å². The van der Waals surface area contributed by atoms with Gasteiger partial charge in [0.2, 0.25) is 0 Å². The van der Waals surface area contributed by atoms with Crippen LogP contribution in [-0.4, -0.2) is 35.7 Å². The largest absolute Gasteiger partial charge is 0.444 e. The molecule has 0 radical (unpaired) electrons. The van der Waals surface area contributed by atoms with Gasteiger partial charge in [-0.25, -0.2) is 4.79 Å². The van der Waals surface area contributed by atoms with Crippen molar-refractivity contribution in [1.82, 2.24) is 4.90 Å². The minimum absolute atomic E-state index is 0.177. The lowest BCUT2D eigenvalue weighted by atomic mass is 10.0. The summed E-state index contributed by atoms with van der Waals surface area (Å²) in [5.41, 5.74) is 4.94. The van der Waals surface area contributed by atoms with E-state index in [0.29, 0.717) is 17.9 Å². The summed E-state index contributed by atoms with van der Waals surface area (Å²) in [6.45, 7) is 7.36. The van der Waals surface area contributed by atoms with Crippen molar-refractivity contribution in [2.24, 2.45) is 11.8 Å². The Hall–Kier alpha value is -2.49. The number of benzene rings is 2. The smallest absolute Gasteiger partial charge is 0.410 e. The van der Waals surface area contributed by atoms with Crippen LogP contribution in [0.25, 0.3) is 0 Å². The Morgan fingerprint density at radius 1 is 0.931 bits per heavy atom. The zero-order valence-electron chi connectivity index (χ0n) is 17.6. The molecule has 1 amide bonds. The van der Waals surface area contributed by atoms with Gasteiger partial charge in [-0.15, -0.1) is 0 Å². The molecule has 1 saturated heterocycles. The molecule has 0 bridgehead atoms. The average molecular weight is 391 g/mol. The zero-order valence-corrected chi connectivity index (χ0v) is 17.6. The molecule has 2 heterocycles. The second kappa shape index (κ2) is 6.79. The molecule has 1 saturated carbocycles. The first-order valence-electron chi connectivity index (χ1n) is 10.8. The number of fused-ring (bicyclic) bond motifs is 3. The van der Waals surface area contributed by atoms with Gasteiger partial charge in [0.25, 0.3) is 0 Å². The van der Waals surface area contributed by atoms with Crippen LogP contribution in [0.15, 0.2) is 48.5 Å². The summed E-state index contributed by atoms with van der Waals surface area (Å²) in [4.78, 5) is 17.3. The minimum Gasteiger partial charge on any atom is -0.444 e. The Kier molecular flexibility index (Phi) is 4.34. The van der Waals surface area contributed by atoms with E-state index < -0.39 is 5.60 Å². The van der Waals surface area contributed by atoms with Crippen LogP contribution in [0.5, 0.6) is 0 Å². The first-order valence-corrected chi connectivity index (χ1v) is 10.8. The summed E-state index contributed by atoms with van der Waals surface area (Å²) in [5.74, 6) is 1.23. The van der Waals surface area contributed by atoms with Crippen LogP contribution in [0.1, 0.15) is 38.3 Å². The summed E-state index contributed by atoms with van der Waals surface area (Å²) < 4.78 is 5.71. The van der Waals surface area contributed by atoms with Gasteiger partial charge in [0.1, 0.15) is 5.60 Å². The molecule has 29 heavy (non-hydrogen) atoms. The Morgan fingerprint density at radius 2 is 1.52 bits per heavy atom. The zero-order chi connectivity index (χ0) is 20.2. The number of likely N-dealkylation sites (tertiary alicyclic amines) is 1. The topological polar surface area (TPSA) is 32.8 Å². The van der Waals surface area contributed by atoms with Crippen molar-refractivity contribution in [3.05, 3.63) is 59.7 Å². The van der Waals surface area contributed by atoms with E-state index in [4.69, 9.17) is 4.74 Å². The van der Waals surface area contributed by atoms with Crippen molar-refractivity contribution in [1.29, 1.82) is 0 Å². The van der Waals surface area contributed by atoms with Crippen LogP contribution >= 0.6 is 0 Å². The highest BCUT2D eigenvalue weighted by Crippen LogP contribution is 2.51. The average Bonchev–Trinajstić information content (AvgIpc) is 3.48. The number of rotatable bonds is 1. The molecule has 3 atom stereocenters.